The second-order valence-electron chi connectivity index (χ2n) is 3.93. The Labute approximate surface area is 130 Å². The van der Waals surface area contributed by atoms with Crippen molar-refractivity contribution in [3.05, 3.63) is 0 Å². The Bertz CT molecular complexity index is 241. The van der Waals surface area contributed by atoms with Crippen LogP contribution in [-0.2, 0) is 19.0 Å². The molecule has 0 fully saturated rings. The third-order valence-corrected chi connectivity index (χ3v) is 2.51. The van der Waals surface area contributed by atoms with E-state index in [-0.39, 0.29) is 26.4 Å². The number of aliphatic carboxylic acids is 1. The first-order valence-electron chi connectivity index (χ1n) is 6.62. The predicted molar refractivity (Wildman–Crippen MR) is 77.1 cm³/mol. The number of nitrogens with one attached hydrogen (secondary N) is 1. The molecule has 10 nitrogen and oxygen atoms in total. The fraction of sp³-hybridized carbons (Fsp3) is 0.917. The minimum atomic E-state index is -1.47. The molecule has 0 aromatic rings. The molecular formula is C12H28N2O8. The van der Waals surface area contributed by atoms with Crippen molar-refractivity contribution in [1.82, 2.24) is 10.2 Å². The maximum atomic E-state index is 10.2. The van der Waals surface area contributed by atoms with Gasteiger partial charge >= 0.3 is 12.1 Å². The van der Waals surface area contributed by atoms with Gasteiger partial charge in [-0.1, -0.05) is 0 Å². The first-order valence-corrected chi connectivity index (χ1v) is 6.62. The fourth-order valence-corrected chi connectivity index (χ4v) is 1.41. The number of carboxylic acid groups (broad SMARTS) is 1. The summed E-state index contributed by atoms with van der Waals surface area (Å²) >= 11 is 0. The van der Waals surface area contributed by atoms with Gasteiger partial charge in [-0.25, -0.2) is 5.32 Å². The highest BCUT2D eigenvalue weighted by Crippen LogP contribution is 2.06. The molecule has 0 aromatic carbocycles. The summed E-state index contributed by atoms with van der Waals surface area (Å²) in [6.45, 7) is 1.44. The van der Waals surface area contributed by atoms with Crippen molar-refractivity contribution in [2.75, 3.05) is 67.3 Å². The Morgan fingerprint density at radius 3 is 1.55 bits per heavy atom. The Kier molecular flexibility index (Phi) is 16.0. The number of methoxy groups -OCH3 is 3. The van der Waals surface area contributed by atoms with Crippen LogP contribution in [0.5, 0.6) is 0 Å². The summed E-state index contributed by atoms with van der Waals surface area (Å²) in [5.74, 6) is -1.02. The van der Waals surface area contributed by atoms with Gasteiger partial charge in [0, 0.05) is 41.0 Å². The first kappa shape index (κ1) is 23.4. The lowest BCUT2D eigenvalue weighted by atomic mass is 10.4. The fourth-order valence-electron chi connectivity index (χ4n) is 1.41. The lowest BCUT2D eigenvalue weighted by molar-refractivity contribution is -0.369. The molecule has 0 radical (unpaired) electrons. The molecule has 0 aromatic heterocycles. The summed E-state index contributed by atoms with van der Waals surface area (Å²) in [4.78, 5) is 12.0. The van der Waals surface area contributed by atoms with Crippen molar-refractivity contribution in [2.24, 2.45) is 0 Å². The molecule has 0 saturated heterocycles. The van der Waals surface area contributed by atoms with Gasteiger partial charge in [0.2, 0.25) is 0 Å². The standard InChI is InChI=1S/C6H13NO5.C6H15NO3/c1-10-6(11-2,12-3)7-4-5(8)9;8-4-1-7(2-5-9)3-6-10/h7H,4H2,1-3H3,(H,8,9);8-10H,1-6H2. The normalized spacial score (nSPS) is 11.2. The minimum Gasteiger partial charge on any atom is -0.480 e. The van der Waals surface area contributed by atoms with Crippen molar-refractivity contribution < 1.29 is 39.4 Å². The smallest absolute Gasteiger partial charge is 0.350 e. The van der Waals surface area contributed by atoms with Crippen molar-refractivity contribution in [3.8, 4) is 0 Å². The monoisotopic (exact) mass is 328 g/mol. The van der Waals surface area contributed by atoms with E-state index in [0.29, 0.717) is 19.6 Å². The van der Waals surface area contributed by atoms with E-state index in [2.05, 4.69) is 5.32 Å². The van der Waals surface area contributed by atoms with Crippen molar-refractivity contribution >= 4 is 5.97 Å². The van der Waals surface area contributed by atoms with Gasteiger partial charge in [-0.3, -0.25) is 9.69 Å². The number of aliphatic hydroxyl groups is 3. The Morgan fingerprint density at radius 1 is 0.955 bits per heavy atom. The van der Waals surface area contributed by atoms with Crippen LogP contribution in [0.15, 0.2) is 0 Å². The van der Waals surface area contributed by atoms with Gasteiger partial charge in [-0.2, -0.15) is 0 Å². The molecule has 0 amide bonds. The number of hydrogen-bond donors (Lipinski definition) is 5. The number of ether oxygens (including phenoxy) is 3. The molecule has 10 heteroatoms. The van der Waals surface area contributed by atoms with Crippen LogP contribution in [0.1, 0.15) is 0 Å². The first-order chi connectivity index (χ1) is 10.4. The van der Waals surface area contributed by atoms with E-state index < -0.39 is 12.1 Å². The molecule has 0 bridgehead atoms. The highest BCUT2D eigenvalue weighted by Gasteiger charge is 2.29. The summed E-state index contributed by atoms with van der Waals surface area (Å²) < 4.78 is 14.3. The average Bonchev–Trinajstić information content (AvgIpc) is 2.50. The molecule has 0 saturated carbocycles. The van der Waals surface area contributed by atoms with Crippen LogP contribution in [0, 0.1) is 0 Å². The second-order valence-corrected chi connectivity index (χ2v) is 3.93. The lowest BCUT2D eigenvalue weighted by Crippen LogP contribution is -2.52. The summed E-state index contributed by atoms with van der Waals surface area (Å²) in [5.41, 5.74) is 0. The molecule has 0 heterocycles. The van der Waals surface area contributed by atoms with Crippen LogP contribution in [0.25, 0.3) is 0 Å². The molecule has 0 aliphatic rings. The van der Waals surface area contributed by atoms with E-state index >= 15 is 0 Å². The Morgan fingerprint density at radius 2 is 1.32 bits per heavy atom. The molecule has 0 unspecified atom stereocenters. The molecule has 0 rings (SSSR count). The highest BCUT2D eigenvalue weighted by atomic mass is 16.9. The number of hydrogen-bond acceptors (Lipinski definition) is 9. The Balaban J connectivity index is 0. The molecule has 5 N–H and O–H groups in total. The van der Waals surface area contributed by atoms with E-state index in [0.717, 1.165) is 0 Å². The van der Waals surface area contributed by atoms with Gasteiger partial charge < -0.3 is 34.6 Å². The maximum Gasteiger partial charge on any atom is 0.350 e. The second kappa shape index (κ2) is 15.1. The molecule has 0 atom stereocenters. The number of carbonyl (C=O) groups is 1. The van der Waals surface area contributed by atoms with Gasteiger partial charge in [0.05, 0.1) is 19.8 Å². The van der Waals surface area contributed by atoms with Gasteiger partial charge in [0.1, 0.15) is 6.54 Å². The van der Waals surface area contributed by atoms with Crippen LogP contribution in [0.2, 0.25) is 0 Å². The average molecular weight is 328 g/mol. The summed E-state index contributed by atoms with van der Waals surface area (Å²) in [6.07, 6.45) is -1.47. The highest BCUT2D eigenvalue weighted by molar-refractivity contribution is 5.69. The van der Waals surface area contributed by atoms with Crippen LogP contribution in [0.3, 0.4) is 0 Å². The molecule has 22 heavy (non-hydrogen) atoms. The topological polar surface area (TPSA) is 141 Å². The van der Waals surface area contributed by atoms with Crippen LogP contribution in [0.4, 0.5) is 0 Å². The lowest BCUT2D eigenvalue weighted by Gasteiger charge is -2.28. The van der Waals surface area contributed by atoms with E-state index in [1.54, 1.807) is 4.90 Å². The number of aliphatic hydroxyl groups excluding tert-OH is 3. The van der Waals surface area contributed by atoms with Gasteiger partial charge in [0.25, 0.3) is 0 Å². The van der Waals surface area contributed by atoms with E-state index in [4.69, 9.17) is 34.6 Å². The summed E-state index contributed by atoms with van der Waals surface area (Å²) in [5, 5.41) is 36.2. The maximum absolute atomic E-state index is 10.2. The molecule has 134 valence electrons. The van der Waals surface area contributed by atoms with Gasteiger partial charge in [-0.15, -0.1) is 0 Å². The van der Waals surface area contributed by atoms with Crippen molar-refractivity contribution in [2.45, 2.75) is 6.10 Å². The van der Waals surface area contributed by atoms with Gasteiger partial charge in [0.15, 0.2) is 0 Å². The summed E-state index contributed by atoms with van der Waals surface area (Å²) in [6, 6.07) is 0. The van der Waals surface area contributed by atoms with Crippen molar-refractivity contribution in [3.63, 3.8) is 0 Å². The van der Waals surface area contributed by atoms with E-state index in [9.17, 15) is 4.79 Å². The number of nitrogens with zero attached hydrogens (tertiary/aromatic N) is 1. The third kappa shape index (κ3) is 11.8. The number of rotatable bonds is 12. The number of carboxylic acids is 1. The molecule has 0 aliphatic carbocycles. The zero-order valence-electron chi connectivity index (χ0n) is 13.3. The Hall–Kier alpha value is -0.850. The largest absolute Gasteiger partial charge is 0.480 e. The van der Waals surface area contributed by atoms with Crippen LogP contribution < -0.4 is 5.32 Å². The quantitative estimate of drug-likeness (QED) is 0.244. The third-order valence-electron chi connectivity index (χ3n) is 2.51. The molecule has 0 spiro atoms. The zero-order chi connectivity index (χ0) is 17.4. The summed E-state index contributed by atoms with van der Waals surface area (Å²) in [7, 11) is 4.01. The molecular weight excluding hydrogens is 300 g/mol. The van der Waals surface area contributed by atoms with Crippen LogP contribution >= 0.6 is 0 Å². The van der Waals surface area contributed by atoms with Gasteiger partial charge in [-0.05, 0) is 0 Å². The van der Waals surface area contributed by atoms with Crippen molar-refractivity contribution in [1.29, 1.82) is 0 Å². The van der Waals surface area contributed by atoms with E-state index in [1.165, 1.54) is 21.3 Å². The van der Waals surface area contributed by atoms with Crippen LogP contribution in [-0.4, -0.2) is 105 Å². The minimum absolute atomic E-state index is 0.0694. The van der Waals surface area contributed by atoms with E-state index in [1.807, 2.05) is 0 Å². The molecule has 0 aliphatic heterocycles. The predicted octanol–water partition coefficient (Wildman–Crippen LogP) is -2.52. The SMILES string of the molecule is COC(NCC(=O)O)(OC)OC.OCCN(CCO)CCO. The zero-order valence-corrected chi connectivity index (χ0v) is 13.3.